The summed E-state index contributed by atoms with van der Waals surface area (Å²) < 4.78 is 11.2. The van der Waals surface area contributed by atoms with Crippen molar-refractivity contribution in [2.45, 2.75) is 12.6 Å². The quantitative estimate of drug-likeness (QED) is 0.178. The summed E-state index contributed by atoms with van der Waals surface area (Å²) in [6.07, 6.45) is -0.639. The average molecular weight is 555 g/mol. The van der Waals surface area contributed by atoms with Crippen molar-refractivity contribution >= 4 is 57.3 Å². The summed E-state index contributed by atoms with van der Waals surface area (Å²) >= 11 is 1.58. The molecular weight excluding hydrogens is 529 g/mol. The maximum atomic E-state index is 11.8. The fourth-order valence-electron chi connectivity index (χ4n) is 2.99. The molecule has 2 aromatic carbocycles. The molecule has 3 aromatic rings. The van der Waals surface area contributed by atoms with Crippen LogP contribution in [0.1, 0.15) is 26.9 Å². The molecule has 0 bridgehead atoms. The molecule has 7 nitrogen and oxygen atoms in total. The number of rotatable bonds is 7. The minimum absolute atomic E-state index is 0. The smallest absolute Gasteiger partial charge is 0.341 e. The number of aliphatic hydroxyl groups excluding tert-OH is 1. The Balaban J connectivity index is 0.00000341. The third-order valence-electron chi connectivity index (χ3n) is 4.59. The molecular formula is C22H26IN3O4S. The second-order valence-electron chi connectivity index (χ2n) is 6.54. The summed E-state index contributed by atoms with van der Waals surface area (Å²) in [4.78, 5) is 16.9. The highest BCUT2D eigenvalue weighted by Crippen LogP contribution is 2.29. The van der Waals surface area contributed by atoms with E-state index in [2.05, 4.69) is 15.6 Å². The predicted molar refractivity (Wildman–Crippen MR) is 135 cm³/mol. The van der Waals surface area contributed by atoms with Crippen LogP contribution in [0.5, 0.6) is 5.75 Å². The van der Waals surface area contributed by atoms with Crippen LogP contribution in [0.2, 0.25) is 0 Å². The fraction of sp³-hybridized carbons (Fsp3) is 0.273. The van der Waals surface area contributed by atoms with Gasteiger partial charge in [0.15, 0.2) is 5.96 Å². The lowest BCUT2D eigenvalue weighted by Gasteiger charge is -2.15. The van der Waals surface area contributed by atoms with Crippen LogP contribution < -0.4 is 15.4 Å². The molecule has 31 heavy (non-hydrogen) atoms. The van der Waals surface area contributed by atoms with Gasteiger partial charge in [-0.1, -0.05) is 24.3 Å². The van der Waals surface area contributed by atoms with Gasteiger partial charge in [0, 0.05) is 29.7 Å². The molecule has 0 radical (unpaired) electrons. The van der Waals surface area contributed by atoms with Gasteiger partial charge in [0.25, 0.3) is 0 Å². The van der Waals surface area contributed by atoms with Crippen LogP contribution in [0.3, 0.4) is 0 Å². The lowest BCUT2D eigenvalue weighted by atomic mass is 10.1. The standard InChI is InChI=1S/C22H25N3O4S.HI/c1-23-22(24-12-14-8-9-16(21(27)29-3)18(10-14)28-2)25-13-17(26)20-11-15-6-4-5-7-19(15)30-20;/h4-11,17,26H,12-13H2,1-3H3,(H2,23,24,25);1H. The van der Waals surface area contributed by atoms with Gasteiger partial charge in [0.05, 0.1) is 14.2 Å². The number of carbonyl (C=O) groups excluding carboxylic acids is 1. The minimum atomic E-state index is -0.639. The molecule has 0 amide bonds. The molecule has 3 rings (SSSR count). The number of nitrogens with zero attached hydrogens (tertiary/aromatic N) is 1. The highest BCUT2D eigenvalue weighted by atomic mass is 127. The van der Waals surface area contributed by atoms with Crippen LogP contribution in [-0.2, 0) is 11.3 Å². The summed E-state index contributed by atoms with van der Waals surface area (Å²) in [6, 6.07) is 15.3. The van der Waals surface area contributed by atoms with Gasteiger partial charge in [-0.05, 0) is 35.2 Å². The van der Waals surface area contributed by atoms with E-state index in [0.29, 0.717) is 30.4 Å². The first-order valence-electron chi connectivity index (χ1n) is 9.42. The molecule has 0 saturated carbocycles. The van der Waals surface area contributed by atoms with Crippen LogP contribution in [-0.4, -0.2) is 44.8 Å². The predicted octanol–water partition coefficient (Wildman–Crippen LogP) is 3.71. The number of esters is 1. The fourth-order valence-corrected chi connectivity index (χ4v) is 4.04. The summed E-state index contributed by atoms with van der Waals surface area (Å²) in [5, 5.41) is 18.0. The molecule has 0 aliphatic heterocycles. The molecule has 1 aromatic heterocycles. The number of carbonyl (C=O) groups is 1. The Morgan fingerprint density at radius 2 is 1.94 bits per heavy atom. The Kier molecular flexibility index (Phi) is 9.53. The second kappa shape index (κ2) is 11.9. The Hall–Kier alpha value is -2.37. The third-order valence-corrected chi connectivity index (χ3v) is 5.81. The number of thiophene rings is 1. The van der Waals surface area contributed by atoms with E-state index in [0.717, 1.165) is 20.5 Å². The number of aliphatic hydroxyl groups is 1. The average Bonchev–Trinajstić information content (AvgIpc) is 3.22. The first kappa shape index (κ1) is 24.9. The zero-order valence-corrected chi connectivity index (χ0v) is 20.7. The Morgan fingerprint density at radius 3 is 2.61 bits per heavy atom. The van der Waals surface area contributed by atoms with Crippen LogP contribution in [0.4, 0.5) is 0 Å². The van der Waals surface area contributed by atoms with E-state index < -0.39 is 12.1 Å². The number of ether oxygens (including phenoxy) is 2. The minimum Gasteiger partial charge on any atom is -0.496 e. The van der Waals surface area contributed by atoms with Crippen molar-refractivity contribution in [1.82, 2.24) is 10.6 Å². The summed E-state index contributed by atoms with van der Waals surface area (Å²) in [5.41, 5.74) is 1.28. The SMILES string of the molecule is CN=C(NCc1ccc(C(=O)OC)c(OC)c1)NCC(O)c1cc2ccccc2s1.I. The van der Waals surface area contributed by atoms with E-state index in [1.165, 1.54) is 14.2 Å². The van der Waals surface area contributed by atoms with Crippen molar-refractivity contribution < 1.29 is 19.4 Å². The van der Waals surface area contributed by atoms with Gasteiger partial charge in [0.1, 0.15) is 17.4 Å². The van der Waals surface area contributed by atoms with Crippen LogP contribution in [0.25, 0.3) is 10.1 Å². The maximum absolute atomic E-state index is 11.8. The molecule has 0 saturated heterocycles. The zero-order valence-electron chi connectivity index (χ0n) is 17.5. The molecule has 166 valence electrons. The number of fused-ring (bicyclic) bond motifs is 1. The van der Waals surface area contributed by atoms with E-state index in [4.69, 9.17) is 9.47 Å². The van der Waals surface area contributed by atoms with Gasteiger partial charge in [-0.2, -0.15) is 0 Å². The number of benzene rings is 2. The van der Waals surface area contributed by atoms with E-state index in [-0.39, 0.29) is 24.0 Å². The molecule has 3 N–H and O–H groups in total. The number of hydrogen-bond donors (Lipinski definition) is 3. The van der Waals surface area contributed by atoms with Crippen LogP contribution in [0, 0.1) is 0 Å². The molecule has 0 fully saturated rings. The van der Waals surface area contributed by atoms with Crippen molar-refractivity contribution in [2.75, 3.05) is 27.8 Å². The maximum Gasteiger partial charge on any atom is 0.341 e. The number of nitrogens with one attached hydrogen (secondary N) is 2. The van der Waals surface area contributed by atoms with Gasteiger partial charge < -0.3 is 25.2 Å². The topological polar surface area (TPSA) is 92.2 Å². The van der Waals surface area contributed by atoms with Gasteiger partial charge in [-0.3, -0.25) is 4.99 Å². The lowest BCUT2D eigenvalue weighted by Crippen LogP contribution is -2.38. The van der Waals surface area contributed by atoms with Crippen LogP contribution >= 0.6 is 35.3 Å². The van der Waals surface area contributed by atoms with Gasteiger partial charge >= 0.3 is 5.97 Å². The van der Waals surface area contributed by atoms with E-state index >= 15 is 0 Å². The molecule has 0 aliphatic carbocycles. The highest BCUT2D eigenvalue weighted by molar-refractivity contribution is 14.0. The van der Waals surface area contributed by atoms with Gasteiger partial charge in [-0.15, -0.1) is 35.3 Å². The van der Waals surface area contributed by atoms with E-state index in [1.807, 2.05) is 36.4 Å². The zero-order chi connectivity index (χ0) is 21.5. The first-order valence-corrected chi connectivity index (χ1v) is 10.2. The van der Waals surface area contributed by atoms with Gasteiger partial charge in [0.2, 0.25) is 0 Å². The number of hydrogen-bond acceptors (Lipinski definition) is 6. The summed E-state index contributed by atoms with van der Waals surface area (Å²) in [5.74, 6) is 0.564. The number of aliphatic imine (C=N–C) groups is 1. The largest absolute Gasteiger partial charge is 0.496 e. The van der Waals surface area contributed by atoms with Crippen molar-refractivity contribution in [2.24, 2.45) is 4.99 Å². The van der Waals surface area contributed by atoms with Gasteiger partial charge in [-0.25, -0.2) is 4.79 Å². The van der Waals surface area contributed by atoms with Crippen molar-refractivity contribution in [3.63, 3.8) is 0 Å². The third kappa shape index (κ3) is 6.31. The highest BCUT2D eigenvalue weighted by Gasteiger charge is 2.14. The molecule has 0 aliphatic rings. The number of halogens is 1. The first-order chi connectivity index (χ1) is 14.5. The van der Waals surface area contributed by atoms with E-state index in [1.54, 1.807) is 30.5 Å². The second-order valence-corrected chi connectivity index (χ2v) is 7.65. The summed E-state index contributed by atoms with van der Waals surface area (Å²) in [6.45, 7) is 0.799. The number of guanidine groups is 1. The Labute approximate surface area is 202 Å². The molecule has 9 heteroatoms. The molecule has 1 heterocycles. The van der Waals surface area contributed by atoms with E-state index in [9.17, 15) is 9.90 Å². The molecule has 0 spiro atoms. The Morgan fingerprint density at radius 1 is 1.16 bits per heavy atom. The van der Waals surface area contributed by atoms with Crippen molar-refractivity contribution in [1.29, 1.82) is 0 Å². The summed E-state index contributed by atoms with van der Waals surface area (Å²) in [7, 11) is 4.51. The Bertz CT molecular complexity index is 1020. The lowest BCUT2D eigenvalue weighted by molar-refractivity contribution is 0.0597. The van der Waals surface area contributed by atoms with Crippen LogP contribution in [0.15, 0.2) is 53.5 Å². The monoisotopic (exact) mass is 555 g/mol. The molecule has 1 unspecified atom stereocenters. The van der Waals surface area contributed by atoms with Crippen molar-refractivity contribution in [3.05, 3.63) is 64.5 Å². The number of methoxy groups -OCH3 is 2. The normalized spacial score (nSPS) is 12.1. The van der Waals surface area contributed by atoms with Crippen molar-refractivity contribution in [3.8, 4) is 5.75 Å². The molecule has 1 atom stereocenters.